The summed E-state index contributed by atoms with van der Waals surface area (Å²) in [4.78, 5) is 19.0. The lowest BCUT2D eigenvalue weighted by molar-refractivity contribution is -0.120. The molecule has 8 nitrogen and oxygen atoms in total. The molecule has 1 fully saturated rings. The number of carbonyl (C=O) groups excluding carboxylic acids is 1. The largest absolute Gasteiger partial charge is 0.354 e. The van der Waals surface area contributed by atoms with E-state index in [1.807, 2.05) is 30.3 Å². The number of benzene rings is 1. The highest BCUT2D eigenvalue weighted by molar-refractivity contribution is 5.93. The van der Waals surface area contributed by atoms with Gasteiger partial charge in [0.1, 0.15) is 12.7 Å². The van der Waals surface area contributed by atoms with E-state index < -0.39 is 0 Å². The third-order valence-corrected chi connectivity index (χ3v) is 5.25. The maximum atomic E-state index is 12.9. The van der Waals surface area contributed by atoms with Gasteiger partial charge in [0.15, 0.2) is 11.6 Å². The maximum Gasteiger partial charge on any atom is 0.229 e. The molecule has 1 N–H and O–H groups in total. The SMILES string of the molecule is CC(C)c1ccccc1NC(=O)[C@H]1CCCN(c2ccc(-n3cncn3)nn2)C1. The molecule has 29 heavy (non-hydrogen) atoms. The second-order valence-corrected chi connectivity index (χ2v) is 7.61. The van der Waals surface area contributed by atoms with Gasteiger partial charge < -0.3 is 10.2 Å². The Balaban J connectivity index is 1.44. The fourth-order valence-electron chi connectivity index (χ4n) is 3.68. The number of aromatic nitrogens is 5. The van der Waals surface area contributed by atoms with Crippen LogP contribution in [0.3, 0.4) is 0 Å². The number of hydrogen-bond acceptors (Lipinski definition) is 6. The van der Waals surface area contributed by atoms with Gasteiger partial charge in [-0.05, 0) is 42.5 Å². The van der Waals surface area contributed by atoms with Crippen molar-refractivity contribution in [2.45, 2.75) is 32.6 Å². The molecule has 1 aromatic carbocycles. The van der Waals surface area contributed by atoms with Crippen LogP contribution in [-0.2, 0) is 4.79 Å². The quantitative estimate of drug-likeness (QED) is 0.719. The lowest BCUT2D eigenvalue weighted by atomic mass is 9.96. The zero-order valence-electron chi connectivity index (χ0n) is 16.7. The second-order valence-electron chi connectivity index (χ2n) is 7.61. The number of hydrogen-bond donors (Lipinski definition) is 1. The summed E-state index contributed by atoms with van der Waals surface area (Å²) < 4.78 is 1.56. The molecule has 1 atom stereocenters. The third kappa shape index (κ3) is 4.26. The number of rotatable bonds is 5. The summed E-state index contributed by atoms with van der Waals surface area (Å²) in [6.07, 6.45) is 4.86. The van der Waals surface area contributed by atoms with Gasteiger partial charge in [-0.25, -0.2) is 9.67 Å². The Labute approximate surface area is 170 Å². The van der Waals surface area contributed by atoms with E-state index in [-0.39, 0.29) is 11.8 Å². The molecule has 1 saturated heterocycles. The van der Waals surface area contributed by atoms with Crippen molar-refractivity contribution in [3.05, 3.63) is 54.6 Å². The monoisotopic (exact) mass is 391 g/mol. The van der Waals surface area contributed by atoms with E-state index in [1.54, 1.807) is 11.0 Å². The van der Waals surface area contributed by atoms with Crippen LogP contribution in [-0.4, -0.2) is 44.0 Å². The van der Waals surface area contributed by atoms with E-state index in [4.69, 9.17) is 0 Å². The summed E-state index contributed by atoms with van der Waals surface area (Å²) in [5, 5.41) is 15.8. The molecule has 150 valence electrons. The van der Waals surface area contributed by atoms with Crippen LogP contribution in [0.2, 0.25) is 0 Å². The molecule has 2 aromatic heterocycles. The molecule has 0 unspecified atom stereocenters. The predicted molar refractivity (Wildman–Crippen MR) is 111 cm³/mol. The third-order valence-electron chi connectivity index (χ3n) is 5.25. The first-order valence-electron chi connectivity index (χ1n) is 9.95. The van der Waals surface area contributed by atoms with E-state index in [1.165, 1.54) is 6.33 Å². The molecule has 1 amide bonds. The molecule has 1 aliphatic heterocycles. The van der Waals surface area contributed by atoms with Gasteiger partial charge in [0.2, 0.25) is 5.91 Å². The Hall–Kier alpha value is -3.29. The standard InChI is InChI=1S/C21H25N7O/c1-15(2)17-7-3-4-8-18(17)24-21(29)16-6-5-11-27(12-16)19-9-10-20(26-25-19)28-14-22-13-23-28/h3-4,7-10,13-16H,5-6,11-12H2,1-2H3,(H,24,29)/t16-/m0/s1. The summed E-state index contributed by atoms with van der Waals surface area (Å²) in [7, 11) is 0. The normalized spacial score (nSPS) is 16.8. The summed E-state index contributed by atoms with van der Waals surface area (Å²) >= 11 is 0. The maximum absolute atomic E-state index is 12.9. The minimum absolute atomic E-state index is 0.0648. The molecule has 0 spiro atoms. The molecule has 0 aliphatic carbocycles. The minimum atomic E-state index is -0.0826. The first-order valence-corrected chi connectivity index (χ1v) is 9.95. The van der Waals surface area contributed by atoms with E-state index >= 15 is 0 Å². The van der Waals surface area contributed by atoms with Gasteiger partial charge in [0, 0.05) is 18.8 Å². The first-order chi connectivity index (χ1) is 14.1. The highest BCUT2D eigenvalue weighted by Gasteiger charge is 2.27. The molecular weight excluding hydrogens is 366 g/mol. The van der Waals surface area contributed by atoms with Crippen LogP contribution in [0.5, 0.6) is 0 Å². The Kier molecular flexibility index (Phi) is 5.50. The van der Waals surface area contributed by atoms with Crippen molar-refractivity contribution in [2.75, 3.05) is 23.3 Å². The Morgan fingerprint density at radius 3 is 2.66 bits per heavy atom. The molecule has 1 aliphatic rings. The van der Waals surface area contributed by atoms with Crippen LogP contribution in [0.4, 0.5) is 11.5 Å². The van der Waals surface area contributed by atoms with Crippen LogP contribution >= 0.6 is 0 Å². The van der Waals surface area contributed by atoms with E-state index in [0.29, 0.717) is 18.3 Å². The van der Waals surface area contributed by atoms with E-state index in [9.17, 15) is 4.79 Å². The van der Waals surface area contributed by atoms with Crippen molar-refractivity contribution in [2.24, 2.45) is 5.92 Å². The van der Waals surface area contributed by atoms with Gasteiger partial charge in [0.05, 0.1) is 5.92 Å². The van der Waals surface area contributed by atoms with Gasteiger partial charge in [-0.1, -0.05) is 32.0 Å². The zero-order valence-corrected chi connectivity index (χ0v) is 16.7. The second kappa shape index (κ2) is 8.38. The molecule has 8 heteroatoms. The van der Waals surface area contributed by atoms with E-state index in [0.717, 1.165) is 36.5 Å². The summed E-state index contributed by atoms with van der Waals surface area (Å²) in [5.41, 5.74) is 2.06. The topological polar surface area (TPSA) is 88.8 Å². The zero-order chi connectivity index (χ0) is 20.2. The number of anilines is 2. The molecular formula is C21H25N7O. The summed E-state index contributed by atoms with van der Waals surface area (Å²) in [6, 6.07) is 11.8. The van der Waals surface area contributed by atoms with E-state index in [2.05, 4.69) is 50.4 Å². The van der Waals surface area contributed by atoms with Crippen LogP contribution in [0.25, 0.3) is 5.82 Å². The smallest absolute Gasteiger partial charge is 0.229 e. The Bertz CT molecular complexity index is 953. The Morgan fingerprint density at radius 2 is 1.93 bits per heavy atom. The van der Waals surface area contributed by atoms with Crippen molar-refractivity contribution in [1.29, 1.82) is 0 Å². The number of piperidine rings is 1. The van der Waals surface area contributed by atoms with Crippen molar-refractivity contribution in [3.63, 3.8) is 0 Å². The van der Waals surface area contributed by atoms with Gasteiger partial charge >= 0.3 is 0 Å². The predicted octanol–water partition coefficient (Wildman–Crippen LogP) is 3.04. The molecule has 0 bridgehead atoms. The van der Waals surface area contributed by atoms with Crippen molar-refractivity contribution >= 4 is 17.4 Å². The first kappa shape index (κ1) is 19.0. The molecule has 0 saturated carbocycles. The van der Waals surface area contributed by atoms with Gasteiger partial charge in [-0.3, -0.25) is 4.79 Å². The summed E-state index contributed by atoms with van der Waals surface area (Å²) in [5.74, 6) is 1.72. The number of nitrogens with one attached hydrogen (secondary N) is 1. The van der Waals surface area contributed by atoms with Crippen molar-refractivity contribution in [3.8, 4) is 5.82 Å². The number of amides is 1. The van der Waals surface area contributed by atoms with Gasteiger partial charge in [-0.2, -0.15) is 5.10 Å². The molecule has 4 rings (SSSR count). The van der Waals surface area contributed by atoms with Crippen molar-refractivity contribution < 1.29 is 4.79 Å². The highest BCUT2D eigenvalue weighted by Crippen LogP contribution is 2.26. The van der Waals surface area contributed by atoms with Crippen molar-refractivity contribution in [1.82, 2.24) is 25.0 Å². The number of para-hydroxylation sites is 1. The fraction of sp³-hybridized carbons (Fsp3) is 0.381. The van der Waals surface area contributed by atoms with Crippen LogP contribution in [0.15, 0.2) is 49.1 Å². The highest BCUT2D eigenvalue weighted by atomic mass is 16.1. The number of carbonyl (C=O) groups is 1. The fourth-order valence-corrected chi connectivity index (χ4v) is 3.68. The lowest BCUT2D eigenvalue weighted by Crippen LogP contribution is -2.41. The molecule has 3 aromatic rings. The lowest BCUT2D eigenvalue weighted by Gasteiger charge is -2.32. The Morgan fingerprint density at radius 1 is 1.14 bits per heavy atom. The van der Waals surface area contributed by atoms with Crippen LogP contribution in [0.1, 0.15) is 38.2 Å². The van der Waals surface area contributed by atoms with Crippen LogP contribution in [0, 0.1) is 5.92 Å². The van der Waals surface area contributed by atoms with Gasteiger partial charge in [0.25, 0.3) is 0 Å². The summed E-state index contributed by atoms with van der Waals surface area (Å²) in [6.45, 7) is 5.76. The average Bonchev–Trinajstić information content (AvgIpc) is 3.29. The molecule has 0 radical (unpaired) electrons. The van der Waals surface area contributed by atoms with Crippen LogP contribution < -0.4 is 10.2 Å². The molecule has 3 heterocycles. The van der Waals surface area contributed by atoms with Gasteiger partial charge in [-0.15, -0.1) is 10.2 Å². The average molecular weight is 391 g/mol. The minimum Gasteiger partial charge on any atom is -0.354 e. The number of nitrogens with zero attached hydrogens (tertiary/aromatic N) is 6.